The van der Waals surface area contributed by atoms with Crippen LogP contribution < -0.4 is 15.4 Å². The first-order chi connectivity index (χ1) is 15.3. The molecule has 3 aromatic rings. The molecule has 0 radical (unpaired) electrons. The molecule has 1 aliphatic heterocycles. The number of aliphatic hydroxyl groups excluding tert-OH is 1. The van der Waals surface area contributed by atoms with E-state index < -0.39 is 11.7 Å². The molecule has 1 aliphatic rings. The largest absolute Gasteiger partial charge is 0.457 e. The molecule has 1 amide bonds. The number of ether oxygens (including phenoxy) is 1. The summed E-state index contributed by atoms with van der Waals surface area (Å²) in [5.74, 6) is 0.850. The lowest BCUT2D eigenvalue weighted by Crippen LogP contribution is -2.54. The van der Waals surface area contributed by atoms with Crippen LogP contribution in [0.25, 0.3) is 10.8 Å². The van der Waals surface area contributed by atoms with Crippen molar-refractivity contribution in [3.63, 3.8) is 0 Å². The van der Waals surface area contributed by atoms with Crippen LogP contribution in [-0.2, 0) is 6.18 Å². The number of hydrogen-bond donors (Lipinski definition) is 3. The minimum atomic E-state index is -4.40. The monoisotopic (exact) mass is 444 g/mol. The third-order valence-corrected chi connectivity index (χ3v) is 5.65. The van der Waals surface area contributed by atoms with Crippen LogP contribution >= 0.6 is 0 Å². The first-order valence-electron chi connectivity index (χ1n) is 10.4. The summed E-state index contributed by atoms with van der Waals surface area (Å²) < 4.78 is 44.1. The van der Waals surface area contributed by atoms with Gasteiger partial charge in [0.05, 0.1) is 5.56 Å². The lowest BCUT2D eigenvalue weighted by atomic mass is 9.91. The average Bonchev–Trinajstić information content (AvgIpc) is 2.72. The summed E-state index contributed by atoms with van der Waals surface area (Å²) in [7, 11) is 0. The molecule has 3 aromatic carbocycles. The van der Waals surface area contributed by atoms with E-state index in [9.17, 15) is 23.1 Å². The van der Waals surface area contributed by atoms with Gasteiger partial charge >= 0.3 is 6.18 Å². The van der Waals surface area contributed by atoms with E-state index >= 15 is 0 Å². The van der Waals surface area contributed by atoms with E-state index in [-0.39, 0.29) is 24.3 Å². The van der Waals surface area contributed by atoms with Crippen molar-refractivity contribution in [2.45, 2.75) is 18.6 Å². The Morgan fingerprint density at radius 2 is 1.88 bits per heavy atom. The van der Waals surface area contributed by atoms with E-state index in [2.05, 4.69) is 10.6 Å². The quantitative estimate of drug-likeness (QED) is 0.507. The second-order valence-electron chi connectivity index (χ2n) is 7.83. The molecule has 32 heavy (non-hydrogen) atoms. The molecule has 0 bridgehead atoms. The molecule has 0 spiro atoms. The van der Waals surface area contributed by atoms with Crippen molar-refractivity contribution in [3.8, 4) is 11.5 Å². The number of amides is 1. The smallest absolute Gasteiger partial charge is 0.416 e. The summed E-state index contributed by atoms with van der Waals surface area (Å²) in [6, 6.07) is 14.9. The lowest BCUT2D eigenvalue weighted by molar-refractivity contribution is -0.137. The van der Waals surface area contributed by atoms with Gasteiger partial charge in [0.25, 0.3) is 5.91 Å². The Labute approximate surface area is 183 Å². The maximum absolute atomic E-state index is 12.8. The maximum Gasteiger partial charge on any atom is 0.416 e. The van der Waals surface area contributed by atoms with Crippen LogP contribution in [0.1, 0.15) is 22.3 Å². The van der Waals surface area contributed by atoms with Gasteiger partial charge in [0.1, 0.15) is 11.5 Å². The van der Waals surface area contributed by atoms with Crippen LogP contribution in [0.15, 0.2) is 60.7 Å². The number of alkyl halides is 3. The van der Waals surface area contributed by atoms with Gasteiger partial charge in [-0.3, -0.25) is 4.79 Å². The highest BCUT2D eigenvalue weighted by atomic mass is 19.4. The first-order valence-corrected chi connectivity index (χ1v) is 10.4. The number of benzene rings is 3. The van der Waals surface area contributed by atoms with Gasteiger partial charge in [-0.05, 0) is 60.3 Å². The van der Waals surface area contributed by atoms with Crippen molar-refractivity contribution in [3.05, 3.63) is 71.8 Å². The Hall–Kier alpha value is -3.10. The van der Waals surface area contributed by atoms with E-state index in [1.807, 2.05) is 6.07 Å². The second kappa shape index (κ2) is 9.18. The Bertz CT molecular complexity index is 1100. The highest BCUT2D eigenvalue weighted by Crippen LogP contribution is 2.33. The standard InChI is InChI=1S/C24H23F3N2O3/c25-24(26,27)18-5-7-19(8-6-18)32-22-3-1-2-15-12-16(4-9-20(15)22)23(31)29-21(10-11-30)17-13-28-14-17/h1-9,12,17,21,28,30H,10-11,13-14H2,(H,29,31)/t21-/m0/s1. The van der Waals surface area contributed by atoms with E-state index in [1.54, 1.807) is 30.3 Å². The van der Waals surface area contributed by atoms with E-state index in [1.165, 1.54) is 12.1 Å². The van der Waals surface area contributed by atoms with Gasteiger partial charge in [-0.1, -0.05) is 12.1 Å². The number of carbonyl (C=O) groups is 1. The van der Waals surface area contributed by atoms with Gasteiger partial charge in [-0.2, -0.15) is 13.2 Å². The SMILES string of the molecule is O=C(N[C@@H](CCO)C1CNC1)c1ccc2c(Oc3ccc(C(F)(F)F)cc3)cccc2c1. The summed E-state index contributed by atoms with van der Waals surface area (Å²) in [6.45, 7) is 1.63. The molecule has 1 fully saturated rings. The molecular weight excluding hydrogens is 421 g/mol. The van der Waals surface area contributed by atoms with Gasteiger partial charge in [0.15, 0.2) is 0 Å². The van der Waals surface area contributed by atoms with Gasteiger partial charge in [0, 0.05) is 42.6 Å². The van der Waals surface area contributed by atoms with Crippen LogP contribution in [-0.4, -0.2) is 36.8 Å². The fourth-order valence-corrected chi connectivity index (χ4v) is 3.74. The second-order valence-corrected chi connectivity index (χ2v) is 7.83. The van der Waals surface area contributed by atoms with Crippen LogP contribution in [0.4, 0.5) is 13.2 Å². The van der Waals surface area contributed by atoms with Crippen molar-refractivity contribution in [1.29, 1.82) is 0 Å². The highest BCUT2D eigenvalue weighted by Gasteiger charge is 2.30. The highest BCUT2D eigenvalue weighted by molar-refractivity contribution is 6.00. The van der Waals surface area contributed by atoms with Crippen molar-refractivity contribution >= 4 is 16.7 Å². The van der Waals surface area contributed by atoms with E-state index in [4.69, 9.17) is 4.74 Å². The number of carbonyl (C=O) groups excluding carboxylic acids is 1. The molecule has 4 rings (SSSR count). The molecular formula is C24H23F3N2O3. The molecule has 0 aliphatic carbocycles. The van der Waals surface area contributed by atoms with Crippen LogP contribution in [0.3, 0.4) is 0 Å². The Morgan fingerprint density at radius 1 is 1.12 bits per heavy atom. The van der Waals surface area contributed by atoms with Crippen molar-refractivity contribution in [1.82, 2.24) is 10.6 Å². The zero-order chi connectivity index (χ0) is 22.7. The van der Waals surface area contributed by atoms with Crippen LogP contribution in [0.5, 0.6) is 11.5 Å². The predicted molar refractivity (Wildman–Crippen MR) is 115 cm³/mol. The summed E-state index contributed by atoms with van der Waals surface area (Å²) >= 11 is 0. The van der Waals surface area contributed by atoms with Gasteiger partial charge < -0.3 is 20.5 Å². The molecule has 8 heteroatoms. The maximum atomic E-state index is 12.8. The van der Waals surface area contributed by atoms with Crippen molar-refractivity contribution < 1.29 is 27.8 Å². The molecule has 0 unspecified atom stereocenters. The molecule has 5 nitrogen and oxygen atoms in total. The van der Waals surface area contributed by atoms with Crippen LogP contribution in [0, 0.1) is 5.92 Å². The van der Waals surface area contributed by atoms with Crippen molar-refractivity contribution in [2.24, 2.45) is 5.92 Å². The molecule has 1 heterocycles. The Balaban J connectivity index is 1.52. The van der Waals surface area contributed by atoms with Gasteiger partial charge in [-0.25, -0.2) is 0 Å². The van der Waals surface area contributed by atoms with E-state index in [0.29, 0.717) is 23.7 Å². The summed E-state index contributed by atoms with van der Waals surface area (Å²) in [4.78, 5) is 12.8. The van der Waals surface area contributed by atoms with Gasteiger partial charge in [0.2, 0.25) is 0 Å². The first kappa shape index (κ1) is 22.1. The minimum Gasteiger partial charge on any atom is -0.457 e. The average molecular weight is 444 g/mol. The zero-order valence-electron chi connectivity index (χ0n) is 17.2. The number of aliphatic hydroxyl groups is 1. The molecule has 0 aromatic heterocycles. The number of fused-ring (bicyclic) bond motifs is 1. The normalized spacial score (nSPS) is 15.2. The molecule has 168 valence electrons. The fraction of sp³-hybridized carbons (Fsp3) is 0.292. The molecule has 3 N–H and O–H groups in total. The van der Waals surface area contributed by atoms with Crippen molar-refractivity contribution in [2.75, 3.05) is 19.7 Å². The third-order valence-electron chi connectivity index (χ3n) is 5.65. The Morgan fingerprint density at radius 3 is 2.50 bits per heavy atom. The molecule has 1 saturated heterocycles. The topological polar surface area (TPSA) is 70.6 Å². The number of rotatable bonds is 7. The predicted octanol–water partition coefficient (Wildman–Crippen LogP) is 4.35. The van der Waals surface area contributed by atoms with E-state index in [0.717, 1.165) is 36.0 Å². The molecule has 0 saturated carbocycles. The Kier molecular flexibility index (Phi) is 6.34. The number of hydrogen-bond acceptors (Lipinski definition) is 4. The van der Waals surface area contributed by atoms with Crippen LogP contribution in [0.2, 0.25) is 0 Å². The molecule has 1 atom stereocenters. The summed E-state index contributed by atoms with van der Waals surface area (Å²) in [5.41, 5.74) is -0.255. The minimum absolute atomic E-state index is 0.00379. The third kappa shape index (κ3) is 4.87. The summed E-state index contributed by atoms with van der Waals surface area (Å²) in [5, 5.41) is 17.0. The van der Waals surface area contributed by atoms with Gasteiger partial charge in [-0.15, -0.1) is 0 Å². The fourth-order valence-electron chi connectivity index (χ4n) is 3.74. The number of nitrogens with one attached hydrogen (secondary N) is 2. The summed E-state index contributed by atoms with van der Waals surface area (Å²) in [6.07, 6.45) is -3.91. The zero-order valence-corrected chi connectivity index (χ0v) is 17.2. The number of halogens is 3. The lowest BCUT2D eigenvalue weighted by Gasteiger charge is -2.35.